The smallest absolute Gasteiger partial charge is 0.262 e. The molecular formula is C20H24N4O2S. The summed E-state index contributed by atoms with van der Waals surface area (Å²) in [6, 6.07) is 9.04. The molecule has 1 aromatic carbocycles. The molecule has 0 unspecified atom stereocenters. The van der Waals surface area contributed by atoms with Crippen molar-refractivity contribution in [1.82, 2.24) is 9.55 Å². The van der Waals surface area contributed by atoms with Gasteiger partial charge in [0.15, 0.2) is 10.9 Å². The Morgan fingerprint density at radius 2 is 2.07 bits per heavy atom. The first-order valence-electron chi connectivity index (χ1n) is 9.09. The number of fused-ring (bicyclic) bond motifs is 1. The molecule has 0 bridgehead atoms. The number of benzene rings is 1. The third-order valence-corrected chi connectivity index (χ3v) is 5.29. The van der Waals surface area contributed by atoms with Gasteiger partial charge in [0.05, 0.1) is 22.7 Å². The minimum atomic E-state index is -1.04. The Morgan fingerprint density at radius 3 is 2.74 bits per heavy atom. The van der Waals surface area contributed by atoms with Crippen LogP contribution in [0.5, 0.6) is 0 Å². The SMILES string of the molecule is CCCCCCn1c(SCC(=O)[C@H](C#N)C(C)=N)nc2ccccc2c1=O. The monoisotopic (exact) mass is 384 g/mol. The normalized spacial score (nSPS) is 11.9. The van der Waals surface area contributed by atoms with Gasteiger partial charge in [0.25, 0.3) is 5.56 Å². The van der Waals surface area contributed by atoms with Crippen LogP contribution in [0.15, 0.2) is 34.2 Å². The van der Waals surface area contributed by atoms with Gasteiger partial charge in [-0.2, -0.15) is 5.26 Å². The first kappa shape index (κ1) is 20.8. The Balaban J connectivity index is 2.30. The van der Waals surface area contributed by atoms with E-state index in [1.165, 1.54) is 6.92 Å². The second-order valence-electron chi connectivity index (χ2n) is 6.43. The number of carbonyl (C=O) groups is 1. The molecule has 0 aliphatic heterocycles. The number of nitrogens with one attached hydrogen (secondary N) is 1. The lowest BCUT2D eigenvalue weighted by Gasteiger charge is -2.13. The summed E-state index contributed by atoms with van der Waals surface area (Å²) >= 11 is 1.16. The first-order chi connectivity index (χ1) is 13.0. The van der Waals surface area contributed by atoms with Crippen molar-refractivity contribution < 1.29 is 4.79 Å². The van der Waals surface area contributed by atoms with Gasteiger partial charge in [-0.25, -0.2) is 4.98 Å². The van der Waals surface area contributed by atoms with E-state index in [2.05, 4.69) is 11.9 Å². The fourth-order valence-electron chi connectivity index (χ4n) is 2.78. The van der Waals surface area contributed by atoms with Gasteiger partial charge in [-0.05, 0) is 25.5 Å². The van der Waals surface area contributed by atoms with E-state index in [0.717, 1.165) is 37.4 Å². The highest BCUT2D eigenvalue weighted by atomic mass is 32.2. The molecule has 0 amide bonds. The molecule has 0 radical (unpaired) electrons. The second-order valence-corrected chi connectivity index (χ2v) is 7.37. The summed E-state index contributed by atoms with van der Waals surface area (Å²) < 4.78 is 1.63. The van der Waals surface area contributed by atoms with E-state index in [0.29, 0.717) is 22.6 Å². The summed E-state index contributed by atoms with van der Waals surface area (Å²) in [7, 11) is 0. The van der Waals surface area contributed by atoms with Gasteiger partial charge in [-0.1, -0.05) is 50.1 Å². The molecule has 1 heterocycles. The zero-order valence-corrected chi connectivity index (χ0v) is 16.5. The Morgan fingerprint density at radius 1 is 1.33 bits per heavy atom. The molecule has 0 spiro atoms. The highest BCUT2D eigenvalue weighted by molar-refractivity contribution is 7.99. The molecule has 27 heavy (non-hydrogen) atoms. The lowest BCUT2D eigenvalue weighted by molar-refractivity contribution is -0.117. The van der Waals surface area contributed by atoms with Crippen molar-refractivity contribution in [1.29, 1.82) is 10.7 Å². The lowest BCUT2D eigenvalue weighted by Crippen LogP contribution is -2.25. The van der Waals surface area contributed by atoms with Crippen LogP contribution in [0.3, 0.4) is 0 Å². The molecule has 6 nitrogen and oxygen atoms in total. The molecule has 2 aromatic rings. The van der Waals surface area contributed by atoms with E-state index in [-0.39, 0.29) is 22.8 Å². The van der Waals surface area contributed by atoms with Crippen LogP contribution in [0, 0.1) is 22.7 Å². The predicted molar refractivity (Wildman–Crippen MR) is 108 cm³/mol. The van der Waals surface area contributed by atoms with Gasteiger partial charge in [0, 0.05) is 12.3 Å². The maximum atomic E-state index is 12.9. The van der Waals surface area contributed by atoms with Crippen LogP contribution >= 0.6 is 11.8 Å². The summed E-state index contributed by atoms with van der Waals surface area (Å²) in [5.41, 5.74) is 0.529. The number of unbranched alkanes of at least 4 members (excludes halogenated alkanes) is 3. The number of para-hydroxylation sites is 1. The zero-order valence-electron chi connectivity index (χ0n) is 15.7. The van der Waals surface area contributed by atoms with Crippen molar-refractivity contribution in [3.05, 3.63) is 34.6 Å². The van der Waals surface area contributed by atoms with Gasteiger partial charge in [0.1, 0.15) is 5.92 Å². The highest BCUT2D eigenvalue weighted by Crippen LogP contribution is 2.20. The van der Waals surface area contributed by atoms with Crippen LogP contribution < -0.4 is 5.56 Å². The number of thioether (sulfide) groups is 1. The van der Waals surface area contributed by atoms with Crippen molar-refractivity contribution in [2.24, 2.45) is 5.92 Å². The topological polar surface area (TPSA) is 99.6 Å². The minimum absolute atomic E-state index is 0.00812. The van der Waals surface area contributed by atoms with Crippen LogP contribution in [-0.2, 0) is 11.3 Å². The summed E-state index contributed by atoms with van der Waals surface area (Å²) in [6.07, 6.45) is 4.12. The van der Waals surface area contributed by atoms with E-state index in [9.17, 15) is 9.59 Å². The fraction of sp³-hybridized carbons (Fsp3) is 0.450. The summed E-state index contributed by atoms with van der Waals surface area (Å²) in [4.78, 5) is 29.7. The number of ketones is 1. The van der Waals surface area contributed by atoms with Crippen molar-refractivity contribution >= 4 is 34.2 Å². The molecule has 0 saturated carbocycles. The lowest BCUT2D eigenvalue weighted by atomic mass is 10.0. The number of aromatic nitrogens is 2. The largest absolute Gasteiger partial charge is 0.308 e. The number of hydrogen-bond acceptors (Lipinski definition) is 6. The Labute approximate surface area is 163 Å². The molecule has 0 aliphatic rings. The number of rotatable bonds is 10. The summed E-state index contributed by atoms with van der Waals surface area (Å²) in [6.45, 7) is 4.14. The van der Waals surface area contributed by atoms with Crippen molar-refractivity contribution in [2.45, 2.75) is 51.2 Å². The van der Waals surface area contributed by atoms with Crippen molar-refractivity contribution in [3.8, 4) is 6.07 Å². The Kier molecular flexibility index (Phi) is 7.74. The van der Waals surface area contributed by atoms with Crippen LogP contribution in [0.1, 0.15) is 39.5 Å². The maximum absolute atomic E-state index is 12.9. The first-order valence-corrected chi connectivity index (χ1v) is 10.1. The molecule has 142 valence electrons. The Hall–Kier alpha value is -2.46. The number of hydrogen-bond donors (Lipinski definition) is 1. The van der Waals surface area contributed by atoms with Crippen LogP contribution in [-0.4, -0.2) is 26.8 Å². The highest BCUT2D eigenvalue weighted by Gasteiger charge is 2.21. The molecular weight excluding hydrogens is 360 g/mol. The van der Waals surface area contributed by atoms with Gasteiger partial charge < -0.3 is 5.41 Å². The van der Waals surface area contributed by atoms with Crippen LogP contribution in [0.2, 0.25) is 0 Å². The average molecular weight is 385 g/mol. The second kappa shape index (κ2) is 10.0. The van der Waals surface area contributed by atoms with Gasteiger partial charge in [-0.15, -0.1) is 0 Å². The van der Waals surface area contributed by atoms with Crippen molar-refractivity contribution in [2.75, 3.05) is 5.75 Å². The van der Waals surface area contributed by atoms with Crippen LogP contribution in [0.4, 0.5) is 0 Å². The molecule has 0 aliphatic carbocycles. The molecule has 0 saturated heterocycles. The average Bonchev–Trinajstić information content (AvgIpc) is 2.65. The molecule has 0 fully saturated rings. The Bertz CT molecular complexity index is 930. The standard InChI is InChI=1S/C20H24N4O2S/c1-3-4-5-8-11-24-19(26)15-9-6-7-10-17(15)23-20(24)27-13-18(25)16(12-21)14(2)22/h6-7,9-10,16,22H,3-5,8,11,13H2,1-2H3/t16-/m1/s1. The predicted octanol–water partition coefficient (Wildman–Crippen LogP) is 3.82. The number of nitrogens with zero attached hydrogens (tertiary/aromatic N) is 3. The number of carbonyl (C=O) groups excluding carboxylic acids is 1. The van der Waals surface area contributed by atoms with E-state index >= 15 is 0 Å². The number of Topliss-reactive ketones (excluding diaryl/α,β-unsaturated/α-hetero) is 1. The van der Waals surface area contributed by atoms with Crippen LogP contribution in [0.25, 0.3) is 10.9 Å². The van der Waals surface area contributed by atoms with Gasteiger partial charge in [0.2, 0.25) is 0 Å². The molecule has 1 atom stereocenters. The number of nitriles is 1. The minimum Gasteiger partial charge on any atom is -0.308 e. The quantitative estimate of drug-likeness (QED) is 0.290. The van der Waals surface area contributed by atoms with Gasteiger partial charge in [-0.3, -0.25) is 14.2 Å². The molecule has 1 aromatic heterocycles. The summed E-state index contributed by atoms with van der Waals surface area (Å²) in [5.74, 6) is -1.37. The zero-order chi connectivity index (χ0) is 19.8. The molecule has 1 N–H and O–H groups in total. The fourth-order valence-corrected chi connectivity index (χ4v) is 3.71. The third kappa shape index (κ3) is 5.27. The molecule has 2 rings (SSSR count). The molecule has 7 heteroatoms. The van der Waals surface area contributed by atoms with E-state index < -0.39 is 5.92 Å². The van der Waals surface area contributed by atoms with Crippen molar-refractivity contribution in [3.63, 3.8) is 0 Å². The van der Waals surface area contributed by atoms with E-state index in [1.807, 2.05) is 18.2 Å². The van der Waals surface area contributed by atoms with E-state index in [4.69, 9.17) is 10.7 Å². The summed E-state index contributed by atoms with van der Waals surface area (Å²) in [5, 5.41) is 17.7. The maximum Gasteiger partial charge on any atom is 0.262 e. The van der Waals surface area contributed by atoms with E-state index in [1.54, 1.807) is 16.7 Å². The third-order valence-electron chi connectivity index (χ3n) is 4.29. The van der Waals surface area contributed by atoms with Gasteiger partial charge >= 0.3 is 0 Å².